The van der Waals surface area contributed by atoms with Gasteiger partial charge in [0.1, 0.15) is 5.82 Å². The molecular weight excluding hydrogens is 337 g/mol. The van der Waals surface area contributed by atoms with Crippen LogP contribution in [0.4, 0.5) is 20.9 Å². The van der Waals surface area contributed by atoms with Crippen LogP contribution in [0.5, 0.6) is 0 Å². The van der Waals surface area contributed by atoms with Crippen molar-refractivity contribution in [2.24, 2.45) is 5.92 Å². The highest BCUT2D eigenvalue weighted by molar-refractivity contribution is 7.14. The minimum atomic E-state index is -0.268. The third-order valence-corrected chi connectivity index (χ3v) is 4.33. The van der Waals surface area contributed by atoms with E-state index in [1.807, 2.05) is 43.5 Å². The highest BCUT2D eigenvalue weighted by atomic mass is 32.1. The van der Waals surface area contributed by atoms with Gasteiger partial charge in [0, 0.05) is 28.2 Å². The van der Waals surface area contributed by atoms with E-state index in [4.69, 9.17) is 0 Å². The second-order valence-electron chi connectivity index (χ2n) is 5.89. The lowest BCUT2D eigenvalue weighted by atomic mass is 10.1. The summed E-state index contributed by atoms with van der Waals surface area (Å²) in [6, 6.07) is 13.7. The van der Waals surface area contributed by atoms with Crippen molar-refractivity contribution in [1.29, 1.82) is 0 Å². The Morgan fingerprint density at radius 1 is 1.04 bits per heavy atom. The van der Waals surface area contributed by atoms with Crippen LogP contribution in [0.1, 0.15) is 13.8 Å². The molecule has 0 saturated carbocycles. The topological polar surface area (TPSA) is 54.0 Å². The first-order valence-corrected chi connectivity index (χ1v) is 8.78. The Balaban J connectivity index is 1.69. The molecule has 0 bridgehead atoms. The molecule has 25 heavy (non-hydrogen) atoms. The van der Waals surface area contributed by atoms with Crippen LogP contribution in [0.2, 0.25) is 0 Å². The number of hydrogen-bond acceptors (Lipinski definition) is 4. The van der Waals surface area contributed by atoms with Crippen LogP contribution in [0.25, 0.3) is 11.3 Å². The molecule has 3 aromatic rings. The van der Waals surface area contributed by atoms with Crippen molar-refractivity contribution >= 4 is 33.8 Å². The van der Waals surface area contributed by atoms with Gasteiger partial charge in [-0.15, -0.1) is 11.3 Å². The van der Waals surface area contributed by atoms with Crippen molar-refractivity contribution in [1.82, 2.24) is 4.98 Å². The van der Waals surface area contributed by atoms with Crippen LogP contribution >= 0.6 is 11.3 Å². The van der Waals surface area contributed by atoms with Gasteiger partial charge in [-0.1, -0.05) is 26.0 Å². The molecule has 0 saturated heterocycles. The highest BCUT2D eigenvalue weighted by Gasteiger charge is 2.08. The van der Waals surface area contributed by atoms with Gasteiger partial charge in [-0.25, -0.2) is 9.37 Å². The Hall–Kier alpha value is -2.73. The largest absolute Gasteiger partial charge is 0.332 e. The smallest absolute Gasteiger partial charge is 0.226 e. The second-order valence-corrected chi connectivity index (χ2v) is 6.75. The van der Waals surface area contributed by atoms with Crippen LogP contribution in [0, 0.1) is 11.7 Å². The lowest BCUT2D eigenvalue weighted by molar-refractivity contribution is -0.118. The van der Waals surface area contributed by atoms with Gasteiger partial charge >= 0.3 is 0 Å². The van der Waals surface area contributed by atoms with Gasteiger partial charge < -0.3 is 10.6 Å². The summed E-state index contributed by atoms with van der Waals surface area (Å²) >= 11 is 1.48. The lowest BCUT2D eigenvalue weighted by Gasteiger charge is -2.07. The van der Waals surface area contributed by atoms with Gasteiger partial charge in [-0.2, -0.15) is 0 Å². The molecule has 128 valence electrons. The average molecular weight is 355 g/mol. The number of aromatic nitrogens is 1. The predicted molar refractivity (Wildman–Crippen MR) is 101 cm³/mol. The van der Waals surface area contributed by atoms with Crippen LogP contribution in [0.15, 0.2) is 53.9 Å². The molecular formula is C19H18FN3OS. The van der Waals surface area contributed by atoms with Gasteiger partial charge in [0.05, 0.1) is 5.69 Å². The van der Waals surface area contributed by atoms with Crippen molar-refractivity contribution in [2.45, 2.75) is 13.8 Å². The summed E-state index contributed by atoms with van der Waals surface area (Å²) in [5, 5.41) is 8.70. The Kier molecular flexibility index (Phi) is 5.09. The first kappa shape index (κ1) is 17.1. The first-order valence-electron chi connectivity index (χ1n) is 7.90. The summed E-state index contributed by atoms with van der Waals surface area (Å²) in [6.07, 6.45) is 0. The zero-order valence-electron chi connectivity index (χ0n) is 13.9. The number of nitrogens with zero attached hydrogens (tertiary/aromatic N) is 1. The third kappa shape index (κ3) is 4.42. The van der Waals surface area contributed by atoms with Crippen molar-refractivity contribution in [3.05, 3.63) is 59.7 Å². The second kappa shape index (κ2) is 7.44. The van der Waals surface area contributed by atoms with Crippen LogP contribution in [-0.4, -0.2) is 10.9 Å². The monoisotopic (exact) mass is 355 g/mol. The van der Waals surface area contributed by atoms with Crippen molar-refractivity contribution in [3.8, 4) is 11.3 Å². The van der Waals surface area contributed by atoms with E-state index in [9.17, 15) is 9.18 Å². The standard InChI is InChI=1S/C19H18FN3OS/c1-12(2)18(24)21-15-7-3-13(4-8-15)17-11-25-19(23-17)22-16-9-5-14(20)6-10-16/h3-12H,1-2H3,(H,21,24)(H,22,23). The molecule has 0 aliphatic carbocycles. The highest BCUT2D eigenvalue weighted by Crippen LogP contribution is 2.28. The SMILES string of the molecule is CC(C)C(=O)Nc1ccc(-c2csc(Nc3ccc(F)cc3)n2)cc1. The molecule has 6 heteroatoms. The van der Waals surface area contributed by atoms with Crippen molar-refractivity contribution < 1.29 is 9.18 Å². The number of benzene rings is 2. The lowest BCUT2D eigenvalue weighted by Crippen LogP contribution is -2.17. The number of hydrogen-bond donors (Lipinski definition) is 2. The fraction of sp³-hybridized carbons (Fsp3) is 0.158. The van der Waals surface area contributed by atoms with E-state index in [1.165, 1.54) is 23.5 Å². The number of carbonyl (C=O) groups excluding carboxylic acids is 1. The van der Waals surface area contributed by atoms with Gasteiger partial charge in [0.2, 0.25) is 5.91 Å². The number of rotatable bonds is 5. The average Bonchev–Trinajstić information content (AvgIpc) is 3.06. The minimum Gasteiger partial charge on any atom is -0.332 e. The van der Waals surface area contributed by atoms with E-state index >= 15 is 0 Å². The molecule has 1 amide bonds. The van der Waals surface area contributed by atoms with E-state index in [-0.39, 0.29) is 17.6 Å². The maximum absolute atomic E-state index is 12.9. The predicted octanol–water partition coefficient (Wildman–Crippen LogP) is 5.29. The minimum absolute atomic E-state index is 0.00723. The maximum atomic E-state index is 12.9. The summed E-state index contributed by atoms with van der Waals surface area (Å²) in [6.45, 7) is 3.71. The first-order chi connectivity index (χ1) is 12.0. The Morgan fingerprint density at radius 3 is 2.32 bits per heavy atom. The number of halogens is 1. The number of nitrogens with one attached hydrogen (secondary N) is 2. The van der Waals surface area contributed by atoms with Crippen LogP contribution < -0.4 is 10.6 Å². The molecule has 2 N–H and O–H groups in total. The van der Waals surface area contributed by atoms with Crippen LogP contribution in [0.3, 0.4) is 0 Å². The fourth-order valence-corrected chi connectivity index (χ4v) is 2.87. The molecule has 1 aromatic heterocycles. The summed E-state index contributed by atoms with van der Waals surface area (Å²) in [4.78, 5) is 16.3. The molecule has 0 radical (unpaired) electrons. The van der Waals surface area contributed by atoms with Crippen molar-refractivity contribution in [2.75, 3.05) is 10.6 Å². The van der Waals surface area contributed by atoms with Gasteiger partial charge in [-0.05, 0) is 36.4 Å². The van der Waals surface area contributed by atoms with E-state index in [1.54, 1.807) is 12.1 Å². The quantitative estimate of drug-likeness (QED) is 0.654. The normalized spacial score (nSPS) is 10.7. The molecule has 0 unspecified atom stereocenters. The van der Waals surface area contributed by atoms with E-state index in [0.29, 0.717) is 0 Å². The third-order valence-electron chi connectivity index (χ3n) is 3.57. The molecule has 0 atom stereocenters. The number of anilines is 3. The Morgan fingerprint density at radius 2 is 1.68 bits per heavy atom. The molecule has 0 aliphatic heterocycles. The van der Waals surface area contributed by atoms with E-state index in [0.717, 1.165) is 27.8 Å². The van der Waals surface area contributed by atoms with Crippen molar-refractivity contribution in [3.63, 3.8) is 0 Å². The summed E-state index contributed by atoms with van der Waals surface area (Å²) < 4.78 is 12.9. The number of amides is 1. The molecule has 0 spiro atoms. The Bertz CT molecular complexity index is 857. The fourth-order valence-electron chi connectivity index (χ4n) is 2.13. The summed E-state index contributed by atoms with van der Waals surface area (Å²) in [5.41, 5.74) is 3.36. The molecule has 0 aliphatic rings. The van der Waals surface area contributed by atoms with E-state index in [2.05, 4.69) is 15.6 Å². The van der Waals surface area contributed by atoms with E-state index < -0.39 is 0 Å². The van der Waals surface area contributed by atoms with Gasteiger partial charge in [0.25, 0.3) is 0 Å². The Labute approximate surface area is 149 Å². The van der Waals surface area contributed by atoms with Gasteiger partial charge in [0.15, 0.2) is 5.13 Å². The zero-order chi connectivity index (χ0) is 17.8. The summed E-state index contributed by atoms with van der Waals surface area (Å²) in [5.74, 6) is -0.333. The summed E-state index contributed by atoms with van der Waals surface area (Å²) in [7, 11) is 0. The molecule has 3 rings (SSSR count). The molecule has 1 heterocycles. The number of thiazole rings is 1. The molecule has 0 fully saturated rings. The number of carbonyl (C=O) groups is 1. The van der Waals surface area contributed by atoms with Gasteiger partial charge in [-0.3, -0.25) is 4.79 Å². The maximum Gasteiger partial charge on any atom is 0.226 e. The zero-order valence-corrected chi connectivity index (χ0v) is 14.7. The van der Waals surface area contributed by atoms with Crippen LogP contribution in [-0.2, 0) is 4.79 Å². The molecule has 2 aromatic carbocycles. The molecule has 4 nitrogen and oxygen atoms in total.